The number of benzene rings is 2. The molecule has 2 heterocycles. The largest absolute Gasteiger partial charge is 0.328 e. The van der Waals surface area contributed by atoms with E-state index in [0.717, 1.165) is 27.6 Å². The van der Waals surface area contributed by atoms with Gasteiger partial charge in [0.05, 0.1) is 26.6 Å². The van der Waals surface area contributed by atoms with Gasteiger partial charge in [-0.15, -0.1) is 11.8 Å². The fraction of sp³-hybridized carbons (Fsp3) is 0.158. The van der Waals surface area contributed by atoms with Gasteiger partial charge in [-0.2, -0.15) is 0 Å². The summed E-state index contributed by atoms with van der Waals surface area (Å²) in [6, 6.07) is 12.9. The number of rotatable bonds is 2. The molecule has 4 rings (SSSR count). The van der Waals surface area contributed by atoms with E-state index in [1.165, 1.54) is 0 Å². The average Bonchev–Trinajstić information content (AvgIpc) is 3.20. The summed E-state index contributed by atoms with van der Waals surface area (Å²) in [4.78, 5) is 19.4. The minimum atomic E-state index is -0.123. The minimum Gasteiger partial charge on any atom is -0.328 e. The smallest absolute Gasteiger partial charge is 0.260 e. The molecule has 0 unspecified atom stereocenters. The fourth-order valence-corrected chi connectivity index (χ4v) is 4.45. The van der Waals surface area contributed by atoms with Crippen LogP contribution in [0.15, 0.2) is 47.5 Å². The van der Waals surface area contributed by atoms with Crippen molar-refractivity contribution in [1.29, 1.82) is 0 Å². The number of aryl methyl sites for hydroxylation is 1. The molecule has 1 amide bonds. The van der Waals surface area contributed by atoms with Crippen molar-refractivity contribution < 1.29 is 4.79 Å². The predicted molar refractivity (Wildman–Crippen MR) is 109 cm³/mol. The van der Waals surface area contributed by atoms with Crippen molar-refractivity contribution in [3.05, 3.63) is 68.9 Å². The fourth-order valence-electron chi connectivity index (χ4n) is 2.96. The van der Waals surface area contributed by atoms with Gasteiger partial charge in [0.2, 0.25) is 0 Å². The number of hydrogen-bond donors (Lipinski definition) is 0. The lowest BCUT2D eigenvalue weighted by atomic mass is 10.2. The van der Waals surface area contributed by atoms with Gasteiger partial charge in [-0.05, 0) is 30.3 Å². The number of halogens is 2. The van der Waals surface area contributed by atoms with Gasteiger partial charge in [-0.1, -0.05) is 35.3 Å². The zero-order chi connectivity index (χ0) is 18.3. The molecule has 2 aromatic carbocycles. The standard InChI is InChI=1S/C19H15Cl2N3OS/c1-23-16-5-3-2-4-15(16)22-17(23)11-18-24(8-9-26-18)19(25)13-7-6-12(20)10-14(13)21/h2-7,10-11H,8-9H2,1H3/b18-11+. The summed E-state index contributed by atoms with van der Waals surface area (Å²) in [6.45, 7) is 0.637. The lowest BCUT2D eigenvalue weighted by molar-refractivity contribution is 0.0831. The van der Waals surface area contributed by atoms with Gasteiger partial charge in [0, 0.05) is 30.4 Å². The Kier molecular flexibility index (Phi) is 4.69. The quantitative estimate of drug-likeness (QED) is 0.599. The van der Waals surface area contributed by atoms with E-state index in [1.807, 2.05) is 42.0 Å². The van der Waals surface area contributed by atoms with Gasteiger partial charge >= 0.3 is 0 Å². The topological polar surface area (TPSA) is 38.1 Å². The predicted octanol–water partition coefficient (Wildman–Crippen LogP) is 5.07. The Balaban J connectivity index is 1.70. The number of fused-ring (bicyclic) bond motifs is 1. The summed E-state index contributed by atoms with van der Waals surface area (Å²) >= 11 is 13.8. The van der Waals surface area contributed by atoms with Crippen LogP contribution in [0.1, 0.15) is 16.2 Å². The second-order valence-electron chi connectivity index (χ2n) is 5.93. The van der Waals surface area contributed by atoms with Crippen LogP contribution in [0.3, 0.4) is 0 Å². The van der Waals surface area contributed by atoms with Gasteiger partial charge < -0.3 is 9.47 Å². The van der Waals surface area contributed by atoms with Crippen molar-refractivity contribution in [3.63, 3.8) is 0 Å². The third-order valence-electron chi connectivity index (χ3n) is 4.31. The highest BCUT2D eigenvalue weighted by Gasteiger charge is 2.27. The van der Waals surface area contributed by atoms with E-state index >= 15 is 0 Å². The lowest BCUT2D eigenvalue weighted by Gasteiger charge is -2.18. The highest BCUT2D eigenvalue weighted by atomic mass is 35.5. The van der Waals surface area contributed by atoms with Crippen LogP contribution in [0.5, 0.6) is 0 Å². The van der Waals surface area contributed by atoms with Crippen LogP contribution < -0.4 is 0 Å². The Hall–Kier alpha value is -1.95. The molecule has 0 saturated carbocycles. The van der Waals surface area contributed by atoms with Crippen molar-refractivity contribution in [3.8, 4) is 0 Å². The molecule has 4 nitrogen and oxygen atoms in total. The first-order valence-corrected chi connectivity index (χ1v) is 9.81. The number of hydrogen-bond acceptors (Lipinski definition) is 3. The van der Waals surface area contributed by atoms with Gasteiger partial charge in [0.25, 0.3) is 5.91 Å². The highest BCUT2D eigenvalue weighted by Crippen LogP contribution is 2.33. The van der Waals surface area contributed by atoms with Crippen LogP contribution in [-0.4, -0.2) is 32.7 Å². The molecule has 1 aromatic heterocycles. The van der Waals surface area contributed by atoms with E-state index in [-0.39, 0.29) is 5.91 Å². The molecule has 3 aromatic rings. The van der Waals surface area contributed by atoms with Crippen LogP contribution in [0.2, 0.25) is 10.0 Å². The van der Waals surface area contributed by atoms with Crippen LogP contribution in [-0.2, 0) is 7.05 Å². The normalized spacial score (nSPS) is 16.0. The van der Waals surface area contributed by atoms with E-state index in [1.54, 1.807) is 34.9 Å². The maximum absolute atomic E-state index is 13.0. The second-order valence-corrected chi connectivity index (χ2v) is 7.89. The zero-order valence-corrected chi connectivity index (χ0v) is 16.3. The maximum atomic E-state index is 13.0. The van der Waals surface area contributed by atoms with E-state index in [4.69, 9.17) is 23.2 Å². The molecule has 0 aliphatic carbocycles. The number of aromatic nitrogens is 2. The molecule has 0 bridgehead atoms. The first kappa shape index (κ1) is 17.5. The number of carbonyl (C=O) groups excluding carboxylic acids is 1. The highest BCUT2D eigenvalue weighted by molar-refractivity contribution is 8.03. The third-order valence-corrected chi connectivity index (χ3v) is 5.88. The molecule has 1 saturated heterocycles. The van der Waals surface area contributed by atoms with E-state index in [0.29, 0.717) is 22.2 Å². The van der Waals surface area contributed by atoms with Gasteiger partial charge in [0.15, 0.2) is 0 Å². The van der Waals surface area contributed by atoms with Gasteiger partial charge in [0.1, 0.15) is 5.82 Å². The number of nitrogens with zero attached hydrogens (tertiary/aromatic N) is 3. The molecule has 0 N–H and O–H groups in total. The van der Waals surface area contributed by atoms with E-state index < -0.39 is 0 Å². The monoisotopic (exact) mass is 403 g/mol. The molecular formula is C19H15Cl2N3OS. The Morgan fingerprint density at radius 1 is 1.23 bits per heavy atom. The van der Waals surface area contributed by atoms with Crippen LogP contribution >= 0.6 is 35.0 Å². The summed E-state index contributed by atoms with van der Waals surface area (Å²) in [7, 11) is 1.98. The molecule has 0 atom stereocenters. The van der Waals surface area contributed by atoms with Crippen LogP contribution in [0, 0.1) is 0 Å². The molecule has 1 aliphatic heterocycles. The van der Waals surface area contributed by atoms with Crippen LogP contribution in [0.25, 0.3) is 17.1 Å². The molecule has 7 heteroatoms. The van der Waals surface area contributed by atoms with E-state index in [9.17, 15) is 4.79 Å². The Morgan fingerprint density at radius 3 is 2.81 bits per heavy atom. The number of thioether (sulfide) groups is 1. The minimum absolute atomic E-state index is 0.123. The Bertz CT molecular complexity index is 1040. The SMILES string of the molecule is Cn1c(/C=C2/SCCN2C(=O)c2ccc(Cl)cc2Cl)nc2ccccc21. The number of imidazole rings is 1. The summed E-state index contributed by atoms with van der Waals surface area (Å²) in [5, 5.41) is 1.75. The van der Waals surface area contributed by atoms with Crippen molar-refractivity contribution in [2.45, 2.75) is 0 Å². The van der Waals surface area contributed by atoms with Crippen LogP contribution in [0.4, 0.5) is 0 Å². The molecule has 0 radical (unpaired) electrons. The molecule has 1 aliphatic rings. The maximum Gasteiger partial charge on any atom is 0.260 e. The van der Waals surface area contributed by atoms with Gasteiger partial charge in [-0.25, -0.2) is 4.98 Å². The summed E-state index contributed by atoms with van der Waals surface area (Å²) < 4.78 is 2.03. The Labute approximate surface area is 165 Å². The van der Waals surface area contributed by atoms with Crippen molar-refractivity contribution in [2.24, 2.45) is 7.05 Å². The summed E-state index contributed by atoms with van der Waals surface area (Å²) in [5.74, 6) is 1.53. The molecular weight excluding hydrogens is 389 g/mol. The first-order valence-electron chi connectivity index (χ1n) is 8.07. The molecule has 0 spiro atoms. The summed E-state index contributed by atoms with van der Waals surface area (Å²) in [6.07, 6.45) is 1.96. The van der Waals surface area contributed by atoms with Gasteiger partial charge in [-0.3, -0.25) is 4.79 Å². The molecule has 1 fully saturated rings. The lowest BCUT2D eigenvalue weighted by Crippen LogP contribution is -2.27. The van der Waals surface area contributed by atoms with Crippen molar-refractivity contribution in [1.82, 2.24) is 14.5 Å². The third kappa shape index (κ3) is 3.11. The van der Waals surface area contributed by atoms with Crippen molar-refractivity contribution >= 4 is 58.0 Å². The summed E-state index contributed by atoms with van der Waals surface area (Å²) in [5.41, 5.74) is 2.44. The number of amides is 1. The zero-order valence-electron chi connectivity index (χ0n) is 13.9. The molecule has 132 valence electrons. The second kappa shape index (κ2) is 6.99. The first-order chi connectivity index (χ1) is 12.5. The average molecular weight is 404 g/mol. The number of para-hydroxylation sites is 2. The molecule has 26 heavy (non-hydrogen) atoms. The number of carbonyl (C=O) groups is 1. The van der Waals surface area contributed by atoms with Crippen molar-refractivity contribution in [2.75, 3.05) is 12.3 Å². The Morgan fingerprint density at radius 2 is 2.04 bits per heavy atom. The van der Waals surface area contributed by atoms with E-state index in [2.05, 4.69) is 4.98 Å².